The van der Waals surface area contributed by atoms with Gasteiger partial charge in [0.05, 0.1) is 5.69 Å². The Morgan fingerprint density at radius 2 is 2.14 bits per heavy atom. The van der Waals surface area contributed by atoms with Crippen LogP contribution in [0.1, 0.15) is 29.8 Å². The third-order valence-electron chi connectivity index (χ3n) is 3.42. The van der Waals surface area contributed by atoms with Gasteiger partial charge in [-0.05, 0) is 43.7 Å². The molecule has 0 bridgehead atoms. The number of aryl methyl sites for hydroxylation is 2. The maximum absolute atomic E-state index is 13.6. The number of hydrogen-bond acceptors (Lipinski definition) is 2. The van der Waals surface area contributed by atoms with E-state index in [0.29, 0.717) is 11.6 Å². The molecule has 1 unspecified atom stereocenters. The first kappa shape index (κ1) is 16.5. The molecule has 6 heteroatoms. The van der Waals surface area contributed by atoms with Crippen LogP contribution in [0.15, 0.2) is 22.7 Å². The Labute approximate surface area is 137 Å². The zero-order valence-electron chi connectivity index (χ0n) is 12.3. The van der Waals surface area contributed by atoms with Gasteiger partial charge < -0.3 is 5.32 Å². The van der Waals surface area contributed by atoms with Crippen LogP contribution in [0.25, 0.3) is 0 Å². The first-order valence-corrected chi connectivity index (χ1v) is 7.96. The van der Waals surface area contributed by atoms with Crippen molar-refractivity contribution in [1.82, 2.24) is 15.1 Å². The van der Waals surface area contributed by atoms with Crippen LogP contribution in [0.3, 0.4) is 0 Å². The molecule has 2 rings (SSSR count). The van der Waals surface area contributed by atoms with Crippen molar-refractivity contribution in [3.8, 4) is 0 Å². The predicted octanol–water partition coefficient (Wildman–Crippen LogP) is 4.18. The van der Waals surface area contributed by atoms with Gasteiger partial charge >= 0.3 is 0 Å². The summed E-state index contributed by atoms with van der Waals surface area (Å²) in [6, 6.07) is 4.92. The van der Waals surface area contributed by atoms with Gasteiger partial charge in [0, 0.05) is 23.1 Å². The molecule has 1 atom stereocenters. The standard InChI is InChI=1S/C15H18BrClFN3/c1-4-19-14(10-5-11(16)7-12(18)6-10)8-13-9(2)20-21(3)15(13)17/h5-7,14,19H,4,8H2,1-3H3. The fraction of sp³-hybridized carbons (Fsp3) is 0.400. The van der Waals surface area contributed by atoms with Gasteiger partial charge in [-0.3, -0.25) is 4.68 Å². The average molecular weight is 375 g/mol. The predicted molar refractivity (Wildman–Crippen MR) is 87.2 cm³/mol. The van der Waals surface area contributed by atoms with E-state index in [1.54, 1.807) is 10.7 Å². The van der Waals surface area contributed by atoms with E-state index in [0.717, 1.165) is 27.8 Å². The highest BCUT2D eigenvalue weighted by atomic mass is 79.9. The zero-order valence-corrected chi connectivity index (χ0v) is 14.6. The normalized spacial score (nSPS) is 12.7. The summed E-state index contributed by atoms with van der Waals surface area (Å²) in [6.45, 7) is 4.75. The number of hydrogen-bond donors (Lipinski definition) is 1. The van der Waals surface area contributed by atoms with Gasteiger partial charge in [-0.1, -0.05) is 34.5 Å². The molecule has 0 radical (unpaired) electrons. The van der Waals surface area contributed by atoms with Gasteiger partial charge in [-0.15, -0.1) is 0 Å². The lowest BCUT2D eigenvalue weighted by Gasteiger charge is -2.19. The van der Waals surface area contributed by atoms with Crippen LogP contribution < -0.4 is 5.32 Å². The quantitative estimate of drug-likeness (QED) is 0.851. The summed E-state index contributed by atoms with van der Waals surface area (Å²) in [5.74, 6) is -0.253. The highest BCUT2D eigenvalue weighted by Crippen LogP contribution is 2.27. The Hall–Kier alpha value is -0.910. The molecule has 0 amide bonds. The molecule has 2 aromatic rings. The Morgan fingerprint density at radius 1 is 1.43 bits per heavy atom. The van der Waals surface area contributed by atoms with Crippen molar-refractivity contribution in [2.75, 3.05) is 6.54 Å². The number of benzene rings is 1. The van der Waals surface area contributed by atoms with E-state index < -0.39 is 0 Å². The minimum absolute atomic E-state index is 0.0117. The summed E-state index contributed by atoms with van der Waals surface area (Å²) < 4.78 is 16.0. The first-order chi connectivity index (χ1) is 9.92. The number of halogens is 3. The van der Waals surface area contributed by atoms with E-state index in [1.165, 1.54) is 6.07 Å². The number of rotatable bonds is 5. The molecule has 0 saturated carbocycles. The Balaban J connectivity index is 2.35. The van der Waals surface area contributed by atoms with Crippen LogP contribution in [0.5, 0.6) is 0 Å². The first-order valence-electron chi connectivity index (χ1n) is 6.79. The smallest absolute Gasteiger partial charge is 0.130 e. The number of aromatic nitrogens is 2. The molecular formula is C15H18BrClFN3. The molecule has 1 heterocycles. The summed E-state index contributed by atoms with van der Waals surface area (Å²) in [5, 5.41) is 8.34. The Kier molecular flexibility index (Phi) is 5.41. The van der Waals surface area contributed by atoms with Crippen LogP contribution in [0.2, 0.25) is 5.15 Å². The molecule has 1 aromatic carbocycles. The minimum Gasteiger partial charge on any atom is -0.310 e. The molecule has 0 saturated heterocycles. The van der Waals surface area contributed by atoms with Crippen LogP contribution in [0.4, 0.5) is 4.39 Å². The van der Waals surface area contributed by atoms with E-state index in [1.807, 2.05) is 27.0 Å². The second-order valence-electron chi connectivity index (χ2n) is 5.00. The molecule has 114 valence electrons. The monoisotopic (exact) mass is 373 g/mol. The molecule has 0 spiro atoms. The van der Waals surface area contributed by atoms with Crippen LogP contribution >= 0.6 is 27.5 Å². The van der Waals surface area contributed by atoms with Gasteiger partial charge in [-0.2, -0.15) is 5.10 Å². The summed E-state index contributed by atoms with van der Waals surface area (Å²) in [7, 11) is 1.82. The van der Waals surface area contributed by atoms with E-state index in [2.05, 4.69) is 26.3 Å². The number of nitrogens with zero attached hydrogens (tertiary/aromatic N) is 2. The van der Waals surface area contributed by atoms with E-state index in [4.69, 9.17) is 11.6 Å². The van der Waals surface area contributed by atoms with Crippen molar-refractivity contribution < 1.29 is 4.39 Å². The lowest BCUT2D eigenvalue weighted by molar-refractivity contribution is 0.541. The topological polar surface area (TPSA) is 29.9 Å². The van der Waals surface area contributed by atoms with Gasteiger partial charge in [0.2, 0.25) is 0 Å². The van der Waals surface area contributed by atoms with Crippen molar-refractivity contribution >= 4 is 27.5 Å². The third-order valence-corrected chi connectivity index (χ3v) is 4.35. The summed E-state index contributed by atoms with van der Waals surface area (Å²) in [6.07, 6.45) is 0.669. The molecule has 1 aromatic heterocycles. The molecular weight excluding hydrogens is 357 g/mol. The Bertz CT molecular complexity index is 622. The van der Waals surface area contributed by atoms with Crippen LogP contribution in [-0.4, -0.2) is 16.3 Å². The van der Waals surface area contributed by atoms with Crippen LogP contribution in [-0.2, 0) is 13.5 Å². The molecule has 21 heavy (non-hydrogen) atoms. The maximum Gasteiger partial charge on any atom is 0.130 e. The average Bonchev–Trinajstić information content (AvgIpc) is 2.63. The van der Waals surface area contributed by atoms with Gasteiger partial charge in [0.15, 0.2) is 0 Å². The lowest BCUT2D eigenvalue weighted by Crippen LogP contribution is -2.23. The summed E-state index contributed by atoms with van der Waals surface area (Å²) in [4.78, 5) is 0. The van der Waals surface area contributed by atoms with Gasteiger partial charge in [0.1, 0.15) is 11.0 Å². The fourth-order valence-corrected chi connectivity index (χ4v) is 3.18. The van der Waals surface area contributed by atoms with Crippen molar-refractivity contribution in [3.05, 3.63) is 50.5 Å². The van der Waals surface area contributed by atoms with Crippen molar-refractivity contribution in [2.24, 2.45) is 7.05 Å². The van der Waals surface area contributed by atoms with Crippen molar-refractivity contribution in [3.63, 3.8) is 0 Å². The van der Waals surface area contributed by atoms with E-state index in [9.17, 15) is 4.39 Å². The number of likely N-dealkylation sites (N-methyl/N-ethyl adjacent to an activating group) is 1. The van der Waals surface area contributed by atoms with Crippen molar-refractivity contribution in [2.45, 2.75) is 26.3 Å². The second kappa shape index (κ2) is 6.90. The maximum atomic E-state index is 13.6. The van der Waals surface area contributed by atoms with Crippen molar-refractivity contribution in [1.29, 1.82) is 0 Å². The van der Waals surface area contributed by atoms with Gasteiger partial charge in [-0.25, -0.2) is 4.39 Å². The molecule has 0 aliphatic rings. The fourth-order valence-electron chi connectivity index (χ4n) is 2.44. The summed E-state index contributed by atoms with van der Waals surface area (Å²) >= 11 is 9.64. The molecule has 0 aliphatic heterocycles. The lowest BCUT2D eigenvalue weighted by atomic mass is 9.99. The SMILES string of the molecule is CCNC(Cc1c(C)nn(C)c1Cl)c1cc(F)cc(Br)c1. The molecule has 0 aliphatic carbocycles. The highest BCUT2D eigenvalue weighted by Gasteiger charge is 2.19. The van der Waals surface area contributed by atoms with E-state index >= 15 is 0 Å². The zero-order chi connectivity index (χ0) is 15.6. The second-order valence-corrected chi connectivity index (χ2v) is 6.27. The number of nitrogens with one attached hydrogen (secondary N) is 1. The minimum atomic E-state index is -0.253. The molecule has 0 fully saturated rings. The van der Waals surface area contributed by atoms with E-state index in [-0.39, 0.29) is 11.9 Å². The van der Waals surface area contributed by atoms with Gasteiger partial charge in [0.25, 0.3) is 0 Å². The highest BCUT2D eigenvalue weighted by molar-refractivity contribution is 9.10. The third kappa shape index (κ3) is 3.84. The van der Waals surface area contributed by atoms with Crippen LogP contribution in [0, 0.1) is 12.7 Å². The largest absolute Gasteiger partial charge is 0.310 e. The molecule has 3 nitrogen and oxygen atoms in total. The Morgan fingerprint density at radius 3 is 2.67 bits per heavy atom. The molecule has 1 N–H and O–H groups in total. The summed E-state index contributed by atoms with van der Waals surface area (Å²) in [5.41, 5.74) is 2.79.